The fourth-order valence-corrected chi connectivity index (χ4v) is 2.49. The third kappa shape index (κ3) is 4.19. The first-order valence-electron chi connectivity index (χ1n) is 6.08. The summed E-state index contributed by atoms with van der Waals surface area (Å²) in [5, 5.41) is 0. The lowest BCUT2D eigenvalue weighted by Gasteiger charge is -2.20. The van der Waals surface area contributed by atoms with Crippen LogP contribution < -0.4 is 0 Å². The molecule has 0 aliphatic heterocycles. The Bertz CT molecular complexity index is 388. The van der Waals surface area contributed by atoms with Crippen LogP contribution in [-0.4, -0.2) is 12.5 Å². The molecule has 0 aliphatic carbocycles. The predicted molar refractivity (Wildman–Crippen MR) is 79.9 cm³/mol. The van der Waals surface area contributed by atoms with Gasteiger partial charge in [0.15, 0.2) is 0 Å². The first-order valence-corrected chi connectivity index (χ1v) is 7.07. The average molecular weight is 249 g/mol. The molecule has 2 heteroatoms. The summed E-state index contributed by atoms with van der Waals surface area (Å²) in [6.07, 6.45) is 0. The van der Waals surface area contributed by atoms with Crippen LogP contribution in [0.4, 0.5) is 5.69 Å². The molecule has 0 bridgehead atoms. The molecule has 0 aliphatic rings. The van der Waals surface area contributed by atoms with Crippen molar-refractivity contribution in [1.82, 2.24) is 0 Å². The van der Waals surface area contributed by atoms with E-state index in [1.54, 1.807) is 0 Å². The zero-order valence-electron chi connectivity index (χ0n) is 11.6. The maximum Gasteiger partial charge on any atom is 0.0758 e. The van der Waals surface area contributed by atoms with Gasteiger partial charge >= 0.3 is 0 Å². The maximum atomic E-state index is 4.10. The van der Waals surface area contributed by atoms with E-state index in [0.717, 1.165) is 11.4 Å². The lowest BCUT2D eigenvalue weighted by molar-refractivity contribution is 0.589. The SMILES string of the molecule is C=Nc1ccc(C(C)(C)C)cc1SCC(C)C. The number of benzene rings is 1. The second kappa shape index (κ2) is 5.72. The fourth-order valence-electron chi connectivity index (χ4n) is 1.48. The van der Waals surface area contributed by atoms with E-state index in [2.05, 4.69) is 64.5 Å². The Morgan fingerprint density at radius 1 is 1.29 bits per heavy atom. The van der Waals surface area contributed by atoms with Crippen molar-refractivity contribution in [1.29, 1.82) is 0 Å². The highest BCUT2D eigenvalue weighted by Gasteiger charge is 2.15. The standard InChI is InChI=1S/C15H23NS/c1-11(2)10-17-14-9-12(15(3,4)5)7-8-13(14)16-6/h7-9,11H,6,10H2,1-5H3. The minimum Gasteiger partial charge on any atom is -0.263 e. The number of nitrogens with zero attached hydrogens (tertiary/aromatic N) is 1. The van der Waals surface area contributed by atoms with Crippen LogP contribution in [-0.2, 0) is 5.41 Å². The van der Waals surface area contributed by atoms with Gasteiger partial charge in [-0.05, 0) is 35.7 Å². The number of thioether (sulfide) groups is 1. The number of rotatable bonds is 4. The Balaban J connectivity index is 3.02. The molecular formula is C15H23NS. The van der Waals surface area contributed by atoms with Gasteiger partial charge in [-0.15, -0.1) is 11.8 Å². The van der Waals surface area contributed by atoms with Gasteiger partial charge in [-0.25, -0.2) is 0 Å². The molecule has 1 nitrogen and oxygen atoms in total. The van der Waals surface area contributed by atoms with Crippen LogP contribution in [0.3, 0.4) is 0 Å². The van der Waals surface area contributed by atoms with E-state index < -0.39 is 0 Å². The largest absolute Gasteiger partial charge is 0.263 e. The minimum atomic E-state index is 0.187. The molecule has 0 fully saturated rings. The van der Waals surface area contributed by atoms with Crippen LogP contribution in [0.15, 0.2) is 28.1 Å². The van der Waals surface area contributed by atoms with E-state index in [0.29, 0.717) is 5.92 Å². The van der Waals surface area contributed by atoms with Crippen molar-refractivity contribution in [3.8, 4) is 0 Å². The third-order valence-electron chi connectivity index (χ3n) is 2.57. The summed E-state index contributed by atoms with van der Waals surface area (Å²) in [6, 6.07) is 6.50. The van der Waals surface area contributed by atoms with Crippen molar-refractivity contribution in [2.24, 2.45) is 10.9 Å². The molecule has 0 amide bonds. The first kappa shape index (κ1) is 14.3. The van der Waals surface area contributed by atoms with Gasteiger partial charge in [-0.1, -0.05) is 40.7 Å². The molecule has 0 heterocycles. The highest BCUT2D eigenvalue weighted by atomic mass is 32.2. The molecule has 0 atom stereocenters. The number of hydrogen-bond acceptors (Lipinski definition) is 2. The summed E-state index contributed by atoms with van der Waals surface area (Å²) in [7, 11) is 0. The Morgan fingerprint density at radius 2 is 1.94 bits per heavy atom. The Morgan fingerprint density at radius 3 is 2.41 bits per heavy atom. The lowest BCUT2D eigenvalue weighted by Crippen LogP contribution is -2.10. The first-order chi connectivity index (χ1) is 7.84. The van der Waals surface area contributed by atoms with E-state index in [1.165, 1.54) is 10.5 Å². The van der Waals surface area contributed by atoms with E-state index in [9.17, 15) is 0 Å². The normalized spacial score (nSPS) is 11.9. The van der Waals surface area contributed by atoms with Gasteiger partial charge in [0.05, 0.1) is 5.69 Å². The van der Waals surface area contributed by atoms with Crippen molar-refractivity contribution in [3.05, 3.63) is 23.8 Å². The van der Waals surface area contributed by atoms with E-state index in [1.807, 2.05) is 11.8 Å². The van der Waals surface area contributed by atoms with Gasteiger partial charge in [-0.2, -0.15) is 0 Å². The molecule has 0 N–H and O–H groups in total. The second-order valence-corrected chi connectivity index (χ2v) is 6.86. The molecule has 94 valence electrons. The summed E-state index contributed by atoms with van der Waals surface area (Å²) in [5.74, 6) is 1.81. The minimum absolute atomic E-state index is 0.187. The van der Waals surface area contributed by atoms with Crippen molar-refractivity contribution in [2.75, 3.05) is 5.75 Å². The van der Waals surface area contributed by atoms with Crippen molar-refractivity contribution in [3.63, 3.8) is 0 Å². The van der Waals surface area contributed by atoms with Crippen LogP contribution in [0.2, 0.25) is 0 Å². The van der Waals surface area contributed by atoms with Crippen molar-refractivity contribution < 1.29 is 0 Å². The summed E-state index contributed by atoms with van der Waals surface area (Å²) >= 11 is 1.88. The topological polar surface area (TPSA) is 12.4 Å². The Labute approximate surface area is 110 Å². The molecule has 1 aromatic rings. The van der Waals surface area contributed by atoms with Gasteiger partial charge in [0.2, 0.25) is 0 Å². The molecule has 0 saturated heterocycles. The van der Waals surface area contributed by atoms with Gasteiger partial charge in [0, 0.05) is 10.6 Å². The Hall–Kier alpha value is -0.760. The molecule has 0 unspecified atom stereocenters. The highest BCUT2D eigenvalue weighted by molar-refractivity contribution is 7.99. The molecule has 1 aromatic carbocycles. The zero-order chi connectivity index (χ0) is 13.1. The molecule has 0 spiro atoms. The number of hydrogen-bond donors (Lipinski definition) is 0. The van der Waals surface area contributed by atoms with Crippen molar-refractivity contribution in [2.45, 2.75) is 44.9 Å². The summed E-state index contributed by atoms with van der Waals surface area (Å²) in [6.45, 7) is 14.8. The van der Waals surface area contributed by atoms with E-state index in [-0.39, 0.29) is 5.41 Å². The molecular weight excluding hydrogens is 226 g/mol. The third-order valence-corrected chi connectivity index (χ3v) is 4.04. The zero-order valence-corrected chi connectivity index (χ0v) is 12.4. The van der Waals surface area contributed by atoms with Gasteiger partial charge in [0.25, 0.3) is 0 Å². The molecule has 0 saturated carbocycles. The van der Waals surface area contributed by atoms with Gasteiger partial charge < -0.3 is 0 Å². The molecule has 0 aromatic heterocycles. The second-order valence-electron chi connectivity index (χ2n) is 5.80. The Kier molecular flexibility index (Phi) is 4.81. The van der Waals surface area contributed by atoms with Crippen LogP contribution in [0.1, 0.15) is 40.2 Å². The van der Waals surface area contributed by atoms with Crippen LogP contribution >= 0.6 is 11.8 Å². The van der Waals surface area contributed by atoms with E-state index in [4.69, 9.17) is 0 Å². The van der Waals surface area contributed by atoms with E-state index >= 15 is 0 Å². The van der Waals surface area contributed by atoms with Crippen LogP contribution in [0, 0.1) is 5.92 Å². The summed E-state index contributed by atoms with van der Waals surface area (Å²) in [5.41, 5.74) is 2.55. The van der Waals surface area contributed by atoms with Gasteiger partial charge in [-0.3, -0.25) is 4.99 Å². The average Bonchev–Trinajstić information content (AvgIpc) is 2.24. The lowest BCUT2D eigenvalue weighted by atomic mass is 9.87. The predicted octanol–water partition coefficient (Wildman–Crippen LogP) is 5.06. The van der Waals surface area contributed by atoms with Crippen LogP contribution in [0.25, 0.3) is 0 Å². The molecule has 1 rings (SSSR count). The monoisotopic (exact) mass is 249 g/mol. The smallest absolute Gasteiger partial charge is 0.0758 e. The summed E-state index contributed by atoms with van der Waals surface area (Å²) < 4.78 is 0. The number of aliphatic imine (C=N–C) groups is 1. The maximum absolute atomic E-state index is 4.10. The summed E-state index contributed by atoms with van der Waals surface area (Å²) in [4.78, 5) is 5.35. The fraction of sp³-hybridized carbons (Fsp3) is 0.533. The highest BCUT2D eigenvalue weighted by Crippen LogP contribution is 2.34. The van der Waals surface area contributed by atoms with Crippen molar-refractivity contribution >= 4 is 24.2 Å². The quantitative estimate of drug-likeness (QED) is 0.536. The van der Waals surface area contributed by atoms with Gasteiger partial charge in [0.1, 0.15) is 0 Å². The van der Waals surface area contributed by atoms with Crippen LogP contribution in [0.5, 0.6) is 0 Å². The molecule has 0 radical (unpaired) electrons. The molecule has 17 heavy (non-hydrogen) atoms.